The van der Waals surface area contributed by atoms with E-state index in [9.17, 15) is 24.6 Å². The second-order valence-corrected chi connectivity index (χ2v) is 11.3. The summed E-state index contributed by atoms with van der Waals surface area (Å²) in [7, 11) is 0. The van der Waals surface area contributed by atoms with Gasteiger partial charge in [-0.05, 0) is 49.2 Å². The fourth-order valence-electron chi connectivity index (χ4n) is 5.20. The largest absolute Gasteiger partial charge is 0.508 e. The normalized spacial score (nSPS) is 11.5. The minimum absolute atomic E-state index is 0.0428. The van der Waals surface area contributed by atoms with Crippen LogP contribution in [0, 0.1) is 0 Å². The van der Waals surface area contributed by atoms with E-state index in [4.69, 9.17) is 37.6 Å². The number of carbonyl (C=O) groups is 2. The van der Waals surface area contributed by atoms with Crippen molar-refractivity contribution < 1.29 is 57.4 Å². The quantitative estimate of drug-likeness (QED) is 0.0504. The summed E-state index contributed by atoms with van der Waals surface area (Å²) >= 11 is 0. The van der Waals surface area contributed by atoms with Crippen LogP contribution in [0.3, 0.4) is 0 Å². The van der Waals surface area contributed by atoms with E-state index in [0.29, 0.717) is 121 Å². The lowest BCUT2D eigenvalue weighted by Crippen LogP contribution is -2.14. The molecule has 0 atom stereocenters. The number of Topliss-reactive ketones (excluding diaryl/α,β-unsaturated/α-hetero) is 1. The maximum Gasteiger partial charge on any atom is 0.336 e. The minimum atomic E-state index is -1.21. The molecule has 4 rings (SSSR count). The summed E-state index contributed by atoms with van der Waals surface area (Å²) in [5, 5.41) is 20.7. The SMILES string of the molecule is CCOCCOCCOCCOCCOCCOCCOCCCC(=O)c1ccc(-c2c3ccc(=O)cc-3oc3cc(O)ccc23)c(C(=O)O)c1. The molecule has 0 aromatic heterocycles. The number of ketones is 1. The number of phenols is 1. The Morgan fingerprint density at radius 3 is 1.76 bits per heavy atom. The van der Waals surface area contributed by atoms with E-state index in [1.54, 1.807) is 24.3 Å². The summed E-state index contributed by atoms with van der Waals surface area (Å²) in [6.45, 7) is 8.67. The summed E-state index contributed by atoms with van der Waals surface area (Å²) < 4.78 is 43.9. The van der Waals surface area contributed by atoms with E-state index in [1.807, 2.05) is 6.92 Å². The summed E-state index contributed by atoms with van der Waals surface area (Å²) in [4.78, 5) is 37.5. The number of hydrogen-bond acceptors (Lipinski definition) is 12. The van der Waals surface area contributed by atoms with Gasteiger partial charge in [0.1, 0.15) is 17.1 Å². The number of carboxylic acid groups (broad SMARTS) is 1. The van der Waals surface area contributed by atoms with Gasteiger partial charge in [0.15, 0.2) is 11.2 Å². The first kappa shape index (κ1) is 39.6. The summed E-state index contributed by atoms with van der Waals surface area (Å²) in [6.07, 6.45) is 0.627. The second kappa shape index (κ2) is 21.9. The molecule has 0 radical (unpaired) electrons. The number of fused-ring (bicyclic) bond motifs is 2. The van der Waals surface area contributed by atoms with Crippen LogP contribution in [0.2, 0.25) is 0 Å². The maximum atomic E-state index is 13.0. The fraction of sp³-hybridized carbons (Fsp3) is 0.447. The van der Waals surface area contributed by atoms with Crippen LogP contribution in [-0.2, 0) is 33.2 Å². The number of carbonyl (C=O) groups excluding carboxylic acids is 1. The number of aromatic hydroxyl groups is 1. The number of hydrogen-bond donors (Lipinski definition) is 2. The molecule has 0 bridgehead atoms. The third-order valence-electron chi connectivity index (χ3n) is 7.65. The molecule has 0 unspecified atom stereocenters. The Bertz CT molecular complexity index is 1700. The number of aromatic carboxylic acids is 1. The molecule has 2 N–H and O–H groups in total. The molecule has 1 aliphatic carbocycles. The number of ether oxygens (including phenoxy) is 7. The molecule has 1 aliphatic heterocycles. The van der Waals surface area contributed by atoms with Crippen molar-refractivity contribution in [3.8, 4) is 28.2 Å². The molecule has 0 fully saturated rings. The molecule has 0 saturated heterocycles. The fourth-order valence-corrected chi connectivity index (χ4v) is 5.20. The first-order valence-electron chi connectivity index (χ1n) is 17.0. The van der Waals surface area contributed by atoms with E-state index in [-0.39, 0.29) is 45.9 Å². The predicted molar refractivity (Wildman–Crippen MR) is 188 cm³/mol. The molecule has 0 saturated carbocycles. The highest BCUT2D eigenvalue weighted by molar-refractivity contribution is 6.09. The maximum absolute atomic E-state index is 13.0. The molecular formula is C38H46O13. The third-order valence-corrected chi connectivity index (χ3v) is 7.65. The van der Waals surface area contributed by atoms with E-state index in [2.05, 4.69) is 0 Å². The van der Waals surface area contributed by atoms with E-state index >= 15 is 0 Å². The van der Waals surface area contributed by atoms with Crippen LogP contribution in [0.1, 0.15) is 40.5 Å². The highest BCUT2D eigenvalue weighted by Gasteiger charge is 2.23. The zero-order chi connectivity index (χ0) is 36.3. The van der Waals surface area contributed by atoms with Crippen LogP contribution in [0.5, 0.6) is 5.75 Å². The first-order chi connectivity index (χ1) is 24.9. The van der Waals surface area contributed by atoms with Gasteiger partial charge in [-0.3, -0.25) is 9.59 Å². The molecule has 13 nitrogen and oxygen atoms in total. The molecule has 1 heterocycles. The minimum Gasteiger partial charge on any atom is -0.508 e. The van der Waals surface area contributed by atoms with Crippen LogP contribution >= 0.6 is 0 Å². The van der Waals surface area contributed by atoms with Crippen molar-refractivity contribution in [3.63, 3.8) is 0 Å². The van der Waals surface area contributed by atoms with Crippen LogP contribution in [0.25, 0.3) is 33.4 Å². The summed E-state index contributed by atoms with van der Waals surface area (Å²) in [5.41, 5.74) is 1.59. The van der Waals surface area contributed by atoms with E-state index in [1.165, 1.54) is 30.3 Å². The zero-order valence-corrected chi connectivity index (χ0v) is 28.9. The lowest BCUT2D eigenvalue weighted by molar-refractivity contribution is -0.0201. The van der Waals surface area contributed by atoms with Crippen LogP contribution < -0.4 is 5.43 Å². The van der Waals surface area contributed by atoms with Crippen molar-refractivity contribution >= 4 is 22.7 Å². The smallest absolute Gasteiger partial charge is 0.336 e. The van der Waals surface area contributed by atoms with Crippen molar-refractivity contribution in [3.05, 3.63) is 75.9 Å². The lowest BCUT2D eigenvalue weighted by atomic mass is 9.89. The van der Waals surface area contributed by atoms with Gasteiger partial charge in [0.05, 0.1) is 84.8 Å². The highest BCUT2D eigenvalue weighted by atomic mass is 16.6. The van der Waals surface area contributed by atoms with Crippen molar-refractivity contribution in [1.82, 2.24) is 0 Å². The van der Waals surface area contributed by atoms with Gasteiger partial charge in [-0.1, -0.05) is 12.1 Å². The predicted octanol–water partition coefficient (Wildman–Crippen LogP) is 5.07. The van der Waals surface area contributed by atoms with Gasteiger partial charge in [0.25, 0.3) is 0 Å². The second-order valence-electron chi connectivity index (χ2n) is 11.3. The Kier molecular flexibility index (Phi) is 17.0. The average molecular weight is 711 g/mol. The number of benzene rings is 3. The Hall–Kier alpha value is -4.21. The van der Waals surface area contributed by atoms with Crippen molar-refractivity contribution in [2.24, 2.45) is 0 Å². The molecule has 2 aromatic carbocycles. The summed E-state index contributed by atoms with van der Waals surface area (Å²) in [5.74, 6) is -1.22. The Labute approximate surface area is 296 Å². The molecule has 0 spiro atoms. The number of rotatable bonds is 26. The van der Waals surface area contributed by atoms with E-state index in [0.717, 1.165) is 0 Å². The molecule has 13 heteroatoms. The van der Waals surface area contributed by atoms with Gasteiger partial charge >= 0.3 is 5.97 Å². The van der Waals surface area contributed by atoms with Gasteiger partial charge in [0, 0.05) is 53.8 Å². The summed E-state index contributed by atoms with van der Waals surface area (Å²) in [6, 6.07) is 13.3. The molecular weight excluding hydrogens is 664 g/mol. The van der Waals surface area contributed by atoms with Crippen molar-refractivity contribution in [2.75, 3.05) is 92.5 Å². The molecule has 2 aliphatic rings. The number of carboxylic acids is 1. The van der Waals surface area contributed by atoms with Crippen LogP contribution in [0.4, 0.5) is 0 Å². The highest BCUT2D eigenvalue weighted by Crippen LogP contribution is 2.42. The third kappa shape index (κ3) is 12.8. The molecule has 276 valence electrons. The van der Waals surface area contributed by atoms with Crippen LogP contribution in [0.15, 0.2) is 63.8 Å². The number of phenolic OH excluding ortho intramolecular Hbond substituents is 1. The Balaban J connectivity index is 1.11. The van der Waals surface area contributed by atoms with E-state index < -0.39 is 5.97 Å². The van der Waals surface area contributed by atoms with Crippen LogP contribution in [-0.4, -0.2) is 114 Å². The van der Waals surface area contributed by atoms with Gasteiger partial charge in [-0.15, -0.1) is 0 Å². The topological polar surface area (TPSA) is 169 Å². The molecule has 2 aromatic rings. The van der Waals surface area contributed by atoms with Gasteiger partial charge in [-0.2, -0.15) is 0 Å². The average Bonchev–Trinajstić information content (AvgIpc) is 3.12. The van der Waals surface area contributed by atoms with Gasteiger partial charge in [-0.25, -0.2) is 4.79 Å². The standard InChI is InChI=1S/C38H46O13/c1-2-44-12-13-46-16-17-48-20-21-50-23-22-49-19-18-47-15-14-45-11-3-4-34(41)27-5-8-30(33(24-27)38(42)43)37-31-9-6-28(39)25-35(31)51-36-26-29(40)7-10-32(36)37/h5-10,24-26,39H,2-4,11-23H2,1H3,(H,42,43). The van der Waals surface area contributed by atoms with Gasteiger partial charge < -0.3 is 47.8 Å². The Morgan fingerprint density at radius 2 is 1.20 bits per heavy atom. The molecule has 51 heavy (non-hydrogen) atoms. The Morgan fingerprint density at radius 1 is 0.647 bits per heavy atom. The van der Waals surface area contributed by atoms with Gasteiger partial charge in [0.2, 0.25) is 0 Å². The zero-order valence-electron chi connectivity index (χ0n) is 28.9. The van der Waals surface area contributed by atoms with Crippen molar-refractivity contribution in [2.45, 2.75) is 19.8 Å². The van der Waals surface area contributed by atoms with Crippen molar-refractivity contribution in [1.29, 1.82) is 0 Å². The first-order valence-corrected chi connectivity index (χ1v) is 17.0. The monoisotopic (exact) mass is 710 g/mol. The molecule has 0 amide bonds. The lowest BCUT2D eigenvalue weighted by Gasteiger charge is -2.17.